The molecule has 8 heteroatoms. The van der Waals surface area contributed by atoms with Crippen LogP contribution in [-0.4, -0.2) is 29.5 Å². The number of fused-ring (bicyclic) bond motifs is 1. The molecule has 0 saturated heterocycles. The van der Waals surface area contributed by atoms with E-state index in [0.717, 1.165) is 11.0 Å². The molecule has 5 nitrogen and oxygen atoms in total. The average Bonchev–Trinajstić information content (AvgIpc) is 2.27. The fourth-order valence-electron chi connectivity index (χ4n) is 1.90. The van der Waals surface area contributed by atoms with Crippen molar-refractivity contribution in [2.45, 2.75) is 19.0 Å². The molecule has 0 spiro atoms. The molecule has 0 bridgehead atoms. The second-order valence-electron chi connectivity index (χ2n) is 4.13. The Balaban J connectivity index is 2.40. The van der Waals surface area contributed by atoms with Crippen LogP contribution in [0.1, 0.15) is 22.6 Å². The number of nitrogens with two attached hydrogens (primary N) is 1. The summed E-state index contributed by atoms with van der Waals surface area (Å²) in [7, 11) is 0. The van der Waals surface area contributed by atoms with E-state index >= 15 is 0 Å². The van der Waals surface area contributed by atoms with Crippen LogP contribution in [0.5, 0.6) is 0 Å². The van der Waals surface area contributed by atoms with Gasteiger partial charge in [-0.3, -0.25) is 9.69 Å². The van der Waals surface area contributed by atoms with E-state index in [4.69, 9.17) is 5.73 Å². The molecule has 2 heterocycles. The Kier molecular flexibility index (Phi) is 3.17. The number of amides is 2. The lowest BCUT2D eigenvalue weighted by Crippen LogP contribution is -2.41. The van der Waals surface area contributed by atoms with E-state index in [-0.39, 0.29) is 30.0 Å². The van der Waals surface area contributed by atoms with Crippen LogP contribution in [0.4, 0.5) is 23.7 Å². The highest BCUT2D eigenvalue weighted by Crippen LogP contribution is 2.27. The minimum atomic E-state index is -4.40. The zero-order chi connectivity index (χ0) is 14.2. The molecule has 0 aliphatic carbocycles. The molecule has 0 radical (unpaired) electrons. The van der Waals surface area contributed by atoms with Crippen LogP contribution in [0.25, 0.3) is 0 Å². The number of Topliss-reactive ketones (excluding diaryl/α,β-unsaturated/α-hetero) is 1. The molecule has 0 aromatic carbocycles. The Morgan fingerprint density at radius 3 is 2.68 bits per heavy atom. The summed E-state index contributed by atoms with van der Waals surface area (Å²) in [6.45, 7) is 0.113. The van der Waals surface area contributed by atoms with Crippen molar-refractivity contribution >= 4 is 17.5 Å². The third-order valence-electron chi connectivity index (χ3n) is 2.70. The normalized spacial score (nSPS) is 15.3. The first-order chi connectivity index (χ1) is 8.78. The highest BCUT2D eigenvalue weighted by molar-refractivity contribution is 6.06. The van der Waals surface area contributed by atoms with Crippen molar-refractivity contribution in [1.82, 2.24) is 4.98 Å². The smallest absolute Gasteiger partial charge is 0.351 e. The number of aromatic nitrogens is 1. The van der Waals surface area contributed by atoms with E-state index in [9.17, 15) is 22.8 Å². The number of urea groups is 1. The molecule has 102 valence electrons. The first kappa shape index (κ1) is 13.3. The van der Waals surface area contributed by atoms with Gasteiger partial charge in [-0.1, -0.05) is 0 Å². The number of hydrogen-bond donors (Lipinski definition) is 1. The van der Waals surface area contributed by atoms with Crippen LogP contribution in [0.2, 0.25) is 0 Å². The number of hydrogen-bond acceptors (Lipinski definition) is 3. The van der Waals surface area contributed by atoms with Gasteiger partial charge < -0.3 is 5.73 Å². The predicted molar refractivity (Wildman–Crippen MR) is 59.9 cm³/mol. The molecule has 1 aliphatic heterocycles. The quantitative estimate of drug-likeness (QED) is 0.845. The molecule has 2 amide bonds. The van der Waals surface area contributed by atoms with Gasteiger partial charge in [-0.25, -0.2) is 9.78 Å². The maximum absolute atomic E-state index is 12.3. The number of anilines is 1. The summed E-state index contributed by atoms with van der Waals surface area (Å²) in [4.78, 5) is 27.6. The van der Waals surface area contributed by atoms with Crippen LogP contribution in [0.3, 0.4) is 0 Å². The van der Waals surface area contributed by atoms with Crippen molar-refractivity contribution in [3.05, 3.63) is 23.5 Å². The molecule has 2 rings (SSSR count). The Morgan fingerprint density at radius 2 is 2.11 bits per heavy atom. The lowest BCUT2D eigenvalue weighted by molar-refractivity contribution is -0.127. The molecule has 1 aliphatic rings. The summed E-state index contributed by atoms with van der Waals surface area (Å²) in [6, 6.07) is 1.64. The largest absolute Gasteiger partial charge is 0.394 e. The maximum Gasteiger partial charge on any atom is 0.394 e. The third-order valence-corrected chi connectivity index (χ3v) is 2.70. The highest BCUT2D eigenvalue weighted by atomic mass is 19.4. The summed E-state index contributed by atoms with van der Waals surface area (Å²) >= 11 is 0. The van der Waals surface area contributed by atoms with Crippen molar-refractivity contribution in [3.63, 3.8) is 0 Å². The second kappa shape index (κ2) is 4.52. The molecule has 0 fully saturated rings. The first-order valence-corrected chi connectivity index (χ1v) is 5.45. The third kappa shape index (κ3) is 2.83. The van der Waals surface area contributed by atoms with Gasteiger partial charge in [0.25, 0.3) is 0 Å². The number of rotatable bonds is 1. The van der Waals surface area contributed by atoms with E-state index in [0.29, 0.717) is 0 Å². The summed E-state index contributed by atoms with van der Waals surface area (Å²) in [5.41, 5.74) is 4.91. The van der Waals surface area contributed by atoms with Gasteiger partial charge in [-0.15, -0.1) is 0 Å². The SMILES string of the molecule is NC(=O)N1CCC(=O)c2nc(CC(F)(F)F)ccc21. The van der Waals surface area contributed by atoms with E-state index in [1.165, 1.54) is 6.07 Å². The molecule has 1 aromatic rings. The standard InChI is InChI=1S/C11H10F3N3O2/c12-11(13,14)5-6-1-2-7-9(16-6)8(18)3-4-17(7)10(15)19/h1-2H,3-5H2,(H2,15,19). The van der Waals surface area contributed by atoms with Gasteiger partial charge in [0.2, 0.25) is 0 Å². The van der Waals surface area contributed by atoms with Gasteiger partial charge >= 0.3 is 12.2 Å². The number of carbonyl (C=O) groups is 2. The van der Waals surface area contributed by atoms with Crippen molar-refractivity contribution in [2.24, 2.45) is 5.73 Å². The number of primary amides is 1. The number of nitrogens with zero attached hydrogens (tertiary/aromatic N) is 2. The average molecular weight is 273 g/mol. The number of alkyl halides is 3. The van der Waals surface area contributed by atoms with Crippen molar-refractivity contribution < 1.29 is 22.8 Å². The summed E-state index contributed by atoms with van der Waals surface area (Å²) < 4.78 is 36.8. The summed E-state index contributed by atoms with van der Waals surface area (Å²) in [5, 5.41) is 0. The van der Waals surface area contributed by atoms with Crippen LogP contribution >= 0.6 is 0 Å². The first-order valence-electron chi connectivity index (χ1n) is 5.45. The molecular weight excluding hydrogens is 263 g/mol. The maximum atomic E-state index is 12.3. The number of ketones is 1. The number of halogens is 3. The van der Waals surface area contributed by atoms with Gasteiger partial charge in [-0.05, 0) is 12.1 Å². The monoisotopic (exact) mass is 273 g/mol. The minimum Gasteiger partial charge on any atom is -0.351 e. The van der Waals surface area contributed by atoms with Gasteiger partial charge in [-0.2, -0.15) is 13.2 Å². The lowest BCUT2D eigenvalue weighted by Gasteiger charge is -2.26. The van der Waals surface area contributed by atoms with Gasteiger partial charge in [0.15, 0.2) is 5.78 Å². The van der Waals surface area contributed by atoms with E-state index in [1.807, 2.05) is 0 Å². The fraction of sp³-hybridized carbons (Fsp3) is 0.364. The lowest BCUT2D eigenvalue weighted by atomic mass is 10.1. The molecule has 0 saturated carbocycles. The van der Waals surface area contributed by atoms with Crippen molar-refractivity contribution in [3.8, 4) is 0 Å². The van der Waals surface area contributed by atoms with Gasteiger partial charge in [0, 0.05) is 13.0 Å². The highest BCUT2D eigenvalue weighted by Gasteiger charge is 2.31. The van der Waals surface area contributed by atoms with E-state index in [2.05, 4.69) is 4.98 Å². The Bertz CT molecular complexity index is 542. The molecule has 19 heavy (non-hydrogen) atoms. The minimum absolute atomic E-state index is 0.00158. The number of carbonyl (C=O) groups excluding carboxylic acids is 2. The Morgan fingerprint density at radius 1 is 1.42 bits per heavy atom. The summed E-state index contributed by atoms with van der Waals surface area (Å²) in [5.74, 6) is -0.392. The molecule has 1 aromatic heterocycles. The van der Waals surface area contributed by atoms with Gasteiger partial charge in [0.1, 0.15) is 5.69 Å². The molecule has 0 atom stereocenters. The molecular formula is C11H10F3N3O2. The molecule has 0 unspecified atom stereocenters. The molecule has 2 N–H and O–H groups in total. The van der Waals surface area contributed by atoms with Gasteiger partial charge in [0.05, 0.1) is 17.8 Å². The number of pyridine rings is 1. The van der Waals surface area contributed by atoms with Crippen LogP contribution < -0.4 is 10.6 Å². The van der Waals surface area contributed by atoms with Crippen molar-refractivity contribution in [1.29, 1.82) is 0 Å². The zero-order valence-electron chi connectivity index (χ0n) is 9.70. The summed E-state index contributed by atoms with van der Waals surface area (Å²) in [6.07, 6.45) is -5.62. The van der Waals surface area contributed by atoms with E-state index in [1.54, 1.807) is 0 Å². The van der Waals surface area contributed by atoms with E-state index < -0.39 is 24.4 Å². The van der Waals surface area contributed by atoms with Crippen molar-refractivity contribution in [2.75, 3.05) is 11.4 Å². The predicted octanol–water partition coefficient (Wildman–Crippen LogP) is 1.66. The fourth-order valence-corrected chi connectivity index (χ4v) is 1.90. The Hall–Kier alpha value is -2.12. The zero-order valence-corrected chi connectivity index (χ0v) is 9.70. The topological polar surface area (TPSA) is 76.3 Å². The van der Waals surface area contributed by atoms with Crippen LogP contribution in [0, 0.1) is 0 Å². The second-order valence-corrected chi connectivity index (χ2v) is 4.13. The Labute approximate surface area is 106 Å². The van der Waals surface area contributed by atoms with Crippen LogP contribution in [0.15, 0.2) is 12.1 Å². The van der Waals surface area contributed by atoms with Crippen LogP contribution in [-0.2, 0) is 6.42 Å².